The van der Waals surface area contributed by atoms with Crippen LogP contribution in [-0.2, 0) is 21.0 Å². The molecule has 2 aliphatic rings. The van der Waals surface area contributed by atoms with Crippen molar-refractivity contribution in [2.24, 2.45) is 0 Å². The molecule has 2 aliphatic heterocycles. The van der Waals surface area contributed by atoms with Crippen molar-refractivity contribution in [3.8, 4) is 0 Å². The molecule has 0 spiro atoms. The van der Waals surface area contributed by atoms with Gasteiger partial charge in [0.2, 0.25) is 15.9 Å². The molecule has 2 heterocycles. The van der Waals surface area contributed by atoms with Crippen LogP contribution in [0.5, 0.6) is 0 Å². The summed E-state index contributed by atoms with van der Waals surface area (Å²) in [5.74, 6) is 0.0309. The molecule has 1 aromatic carbocycles. The van der Waals surface area contributed by atoms with Crippen LogP contribution >= 0.6 is 0 Å². The highest BCUT2D eigenvalue weighted by atomic mass is 32.2. The maximum absolute atomic E-state index is 13.2. The minimum atomic E-state index is -4.75. The van der Waals surface area contributed by atoms with E-state index in [1.165, 1.54) is 12.1 Å². The molecule has 6 nitrogen and oxygen atoms in total. The van der Waals surface area contributed by atoms with E-state index in [1.54, 1.807) is 6.92 Å². The third-order valence-corrected chi connectivity index (χ3v) is 7.61. The molecular weight excluding hydrogens is 407 g/mol. The van der Waals surface area contributed by atoms with Crippen molar-refractivity contribution < 1.29 is 26.4 Å². The third-order valence-electron chi connectivity index (χ3n) is 5.66. The van der Waals surface area contributed by atoms with Gasteiger partial charge in [0.1, 0.15) is 0 Å². The highest BCUT2D eigenvalue weighted by molar-refractivity contribution is 7.89. The number of amides is 1. The van der Waals surface area contributed by atoms with Crippen LogP contribution in [0.2, 0.25) is 0 Å². The van der Waals surface area contributed by atoms with Crippen LogP contribution in [0.1, 0.15) is 31.7 Å². The van der Waals surface area contributed by atoms with Crippen molar-refractivity contribution in [2.75, 3.05) is 39.3 Å². The third kappa shape index (κ3) is 4.75. The zero-order chi connectivity index (χ0) is 21.2. The molecule has 2 fully saturated rings. The molecule has 162 valence electrons. The van der Waals surface area contributed by atoms with E-state index in [1.807, 2.05) is 9.80 Å². The van der Waals surface area contributed by atoms with E-state index < -0.39 is 26.7 Å². The number of rotatable bonds is 4. The molecular formula is C19H26F3N3O3S. The topological polar surface area (TPSA) is 60.9 Å². The predicted molar refractivity (Wildman–Crippen MR) is 102 cm³/mol. The molecule has 1 aromatic rings. The zero-order valence-corrected chi connectivity index (χ0v) is 17.2. The standard InChI is InChI=1S/C19H26F3N3O3S/c1-15(18(26)24-9-5-2-6-10-24)23-11-13-25(14-12-23)29(27,28)17-8-4-3-7-16(17)19(20,21)22/h3-4,7-8,15H,2,5-6,9-14H2,1H3/t15-/m1/s1. The Labute approximate surface area is 169 Å². The van der Waals surface area contributed by atoms with Gasteiger partial charge < -0.3 is 4.90 Å². The van der Waals surface area contributed by atoms with E-state index in [0.717, 1.165) is 48.8 Å². The molecule has 0 radical (unpaired) electrons. The lowest BCUT2D eigenvalue weighted by molar-refractivity contribution is -0.140. The van der Waals surface area contributed by atoms with Crippen molar-refractivity contribution >= 4 is 15.9 Å². The first-order valence-electron chi connectivity index (χ1n) is 9.81. The number of hydrogen-bond donors (Lipinski definition) is 0. The lowest BCUT2D eigenvalue weighted by Crippen LogP contribution is -2.56. The summed E-state index contributed by atoms with van der Waals surface area (Å²) < 4.78 is 66.5. The molecule has 3 rings (SSSR count). The smallest absolute Gasteiger partial charge is 0.341 e. The Bertz CT molecular complexity index is 831. The summed E-state index contributed by atoms with van der Waals surface area (Å²) in [6, 6.07) is 3.86. The average molecular weight is 433 g/mol. The fraction of sp³-hybridized carbons (Fsp3) is 0.632. The van der Waals surface area contributed by atoms with Crippen LogP contribution in [0.4, 0.5) is 13.2 Å². The van der Waals surface area contributed by atoms with Crippen LogP contribution in [0.15, 0.2) is 29.2 Å². The van der Waals surface area contributed by atoms with Crippen molar-refractivity contribution in [2.45, 2.75) is 43.3 Å². The predicted octanol–water partition coefficient (Wildman–Crippen LogP) is 2.41. The summed E-state index contributed by atoms with van der Waals surface area (Å²) in [6.45, 7) is 3.98. The van der Waals surface area contributed by atoms with Crippen molar-refractivity contribution in [3.05, 3.63) is 29.8 Å². The van der Waals surface area contributed by atoms with E-state index >= 15 is 0 Å². The molecule has 29 heavy (non-hydrogen) atoms. The van der Waals surface area contributed by atoms with E-state index in [2.05, 4.69) is 0 Å². The van der Waals surface area contributed by atoms with Gasteiger partial charge >= 0.3 is 6.18 Å². The summed E-state index contributed by atoms with van der Waals surface area (Å²) >= 11 is 0. The van der Waals surface area contributed by atoms with Gasteiger partial charge in [-0.25, -0.2) is 8.42 Å². The Morgan fingerprint density at radius 3 is 2.14 bits per heavy atom. The van der Waals surface area contributed by atoms with Crippen LogP contribution in [0, 0.1) is 0 Å². The summed E-state index contributed by atoms with van der Waals surface area (Å²) in [7, 11) is -4.27. The molecule has 10 heteroatoms. The summed E-state index contributed by atoms with van der Waals surface area (Å²) in [5.41, 5.74) is -1.16. The largest absolute Gasteiger partial charge is 0.417 e. The zero-order valence-electron chi connectivity index (χ0n) is 16.4. The highest BCUT2D eigenvalue weighted by Crippen LogP contribution is 2.35. The minimum absolute atomic E-state index is 0.0309. The lowest BCUT2D eigenvalue weighted by atomic mass is 10.1. The molecule has 2 saturated heterocycles. The fourth-order valence-corrected chi connectivity index (χ4v) is 5.57. The Morgan fingerprint density at radius 2 is 1.55 bits per heavy atom. The van der Waals surface area contributed by atoms with Crippen LogP contribution < -0.4 is 0 Å². The number of likely N-dealkylation sites (tertiary alicyclic amines) is 1. The van der Waals surface area contributed by atoms with Gasteiger partial charge in [-0.3, -0.25) is 9.69 Å². The number of benzene rings is 1. The summed E-state index contributed by atoms with van der Waals surface area (Å²) in [6.07, 6.45) is -1.65. The van der Waals surface area contributed by atoms with Gasteiger partial charge in [0, 0.05) is 39.3 Å². The molecule has 0 N–H and O–H groups in total. The number of hydrogen-bond acceptors (Lipinski definition) is 4. The number of piperidine rings is 1. The molecule has 1 amide bonds. The van der Waals surface area contributed by atoms with Crippen LogP contribution in [-0.4, -0.2) is 73.7 Å². The average Bonchev–Trinajstić information content (AvgIpc) is 2.73. The van der Waals surface area contributed by atoms with Gasteiger partial charge in [0.25, 0.3) is 0 Å². The second-order valence-electron chi connectivity index (χ2n) is 7.50. The second kappa shape index (κ2) is 8.61. The molecule has 0 aromatic heterocycles. The number of alkyl halides is 3. The monoisotopic (exact) mass is 433 g/mol. The van der Waals surface area contributed by atoms with Crippen molar-refractivity contribution in [1.82, 2.24) is 14.1 Å². The van der Waals surface area contributed by atoms with E-state index in [4.69, 9.17) is 0 Å². The number of sulfonamides is 1. The maximum atomic E-state index is 13.2. The number of nitrogens with zero attached hydrogens (tertiary/aromatic N) is 3. The second-order valence-corrected chi connectivity index (χ2v) is 9.40. The molecule has 0 unspecified atom stereocenters. The van der Waals surface area contributed by atoms with Crippen LogP contribution in [0.25, 0.3) is 0 Å². The van der Waals surface area contributed by atoms with Gasteiger partial charge in [-0.05, 0) is 38.3 Å². The van der Waals surface area contributed by atoms with Gasteiger partial charge in [-0.2, -0.15) is 17.5 Å². The van der Waals surface area contributed by atoms with Crippen molar-refractivity contribution in [1.29, 1.82) is 0 Å². The quantitative estimate of drug-likeness (QED) is 0.732. The number of halogens is 3. The van der Waals surface area contributed by atoms with Gasteiger partial charge in [0.05, 0.1) is 16.5 Å². The number of piperazine rings is 1. The normalized spacial score (nSPS) is 21.2. The van der Waals surface area contributed by atoms with E-state index in [9.17, 15) is 26.4 Å². The highest BCUT2D eigenvalue weighted by Gasteiger charge is 2.40. The first-order valence-corrected chi connectivity index (χ1v) is 11.3. The molecule has 0 bridgehead atoms. The lowest BCUT2D eigenvalue weighted by Gasteiger charge is -2.39. The summed E-state index contributed by atoms with van der Waals surface area (Å²) in [4.78, 5) is 15.7. The van der Waals surface area contributed by atoms with Gasteiger partial charge in [-0.1, -0.05) is 12.1 Å². The maximum Gasteiger partial charge on any atom is 0.417 e. The van der Waals surface area contributed by atoms with Gasteiger partial charge in [-0.15, -0.1) is 0 Å². The molecule has 1 atom stereocenters. The Morgan fingerprint density at radius 1 is 0.966 bits per heavy atom. The summed E-state index contributed by atoms with van der Waals surface area (Å²) in [5, 5.41) is 0. The molecule has 0 aliphatic carbocycles. The number of carbonyl (C=O) groups is 1. The Balaban J connectivity index is 1.68. The fourth-order valence-electron chi connectivity index (χ4n) is 3.93. The first-order chi connectivity index (χ1) is 13.6. The van der Waals surface area contributed by atoms with E-state index in [0.29, 0.717) is 13.1 Å². The molecule has 0 saturated carbocycles. The van der Waals surface area contributed by atoms with E-state index in [-0.39, 0.29) is 25.0 Å². The minimum Gasteiger partial charge on any atom is -0.341 e. The van der Waals surface area contributed by atoms with Crippen LogP contribution in [0.3, 0.4) is 0 Å². The Hall–Kier alpha value is -1.65. The SMILES string of the molecule is C[C@H](C(=O)N1CCCCC1)N1CCN(S(=O)(=O)c2ccccc2C(F)(F)F)CC1. The number of carbonyl (C=O) groups excluding carboxylic acids is 1. The Kier molecular flexibility index (Phi) is 6.54. The van der Waals surface area contributed by atoms with Crippen molar-refractivity contribution in [3.63, 3.8) is 0 Å². The first kappa shape index (κ1) is 22.0. The van der Waals surface area contributed by atoms with Gasteiger partial charge in [0.15, 0.2) is 0 Å².